The second kappa shape index (κ2) is 7.23. The zero-order valence-corrected chi connectivity index (χ0v) is 13.6. The molecule has 2 rings (SSSR count). The summed E-state index contributed by atoms with van der Waals surface area (Å²) in [6, 6.07) is 8.36. The molecule has 20 heavy (non-hydrogen) atoms. The van der Waals surface area contributed by atoms with Crippen LogP contribution in [-0.4, -0.2) is 19.5 Å². The van der Waals surface area contributed by atoms with Crippen molar-refractivity contribution in [2.45, 2.75) is 44.1 Å². The molecule has 1 aromatic carbocycles. The van der Waals surface area contributed by atoms with Crippen LogP contribution in [0.3, 0.4) is 0 Å². The minimum atomic E-state index is -0.174. The summed E-state index contributed by atoms with van der Waals surface area (Å²) in [6.07, 6.45) is 6.23. The molecule has 1 aliphatic rings. The van der Waals surface area contributed by atoms with Gasteiger partial charge in [0.15, 0.2) is 0 Å². The molecule has 3 nitrogen and oxygen atoms in total. The fourth-order valence-electron chi connectivity index (χ4n) is 3.00. The van der Waals surface area contributed by atoms with E-state index in [1.165, 1.54) is 24.8 Å². The number of hydrogen-bond acceptors (Lipinski definition) is 2. The summed E-state index contributed by atoms with van der Waals surface area (Å²) in [4.78, 5) is 12.2. The zero-order valence-electron chi connectivity index (χ0n) is 12.0. The molecule has 0 saturated heterocycles. The molecule has 0 aromatic heterocycles. The van der Waals surface area contributed by atoms with Crippen molar-refractivity contribution < 1.29 is 4.79 Å². The quantitative estimate of drug-likeness (QED) is 0.864. The van der Waals surface area contributed by atoms with E-state index in [4.69, 9.17) is 0 Å². The lowest BCUT2D eigenvalue weighted by Gasteiger charge is -2.39. The van der Waals surface area contributed by atoms with Gasteiger partial charge in [-0.15, -0.1) is 0 Å². The maximum atomic E-state index is 12.2. The van der Waals surface area contributed by atoms with Crippen molar-refractivity contribution in [3.05, 3.63) is 34.3 Å². The number of rotatable bonds is 5. The fraction of sp³-hybridized carbons (Fsp3) is 0.562. The van der Waals surface area contributed by atoms with E-state index in [-0.39, 0.29) is 11.4 Å². The SMILES string of the molecule is CNCCC(=O)NC1(c2cccc(Br)c2)CCCCC1. The number of hydrogen-bond donors (Lipinski definition) is 2. The first-order valence-electron chi connectivity index (χ1n) is 7.38. The maximum Gasteiger partial charge on any atom is 0.221 e. The number of carbonyl (C=O) groups excluding carboxylic acids is 1. The Bertz CT molecular complexity index is 456. The molecule has 1 fully saturated rings. The minimum absolute atomic E-state index is 0.140. The summed E-state index contributed by atoms with van der Waals surface area (Å²) in [5.74, 6) is 0.140. The third-order valence-corrected chi connectivity index (χ3v) is 4.56. The minimum Gasteiger partial charge on any atom is -0.347 e. The predicted octanol–water partition coefficient (Wildman–Crippen LogP) is 3.33. The van der Waals surface area contributed by atoms with Gasteiger partial charge in [0, 0.05) is 17.4 Å². The summed E-state index contributed by atoms with van der Waals surface area (Å²) < 4.78 is 1.07. The van der Waals surface area contributed by atoms with Crippen molar-refractivity contribution in [1.82, 2.24) is 10.6 Å². The van der Waals surface area contributed by atoms with Crippen molar-refractivity contribution in [3.63, 3.8) is 0 Å². The van der Waals surface area contributed by atoms with Gasteiger partial charge in [-0.25, -0.2) is 0 Å². The van der Waals surface area contributed by atoms with Crippen LogP contribution in [0.4, 0.5) is 0 Å². The van der Waals surface area contributed by atoms with E-state index in [0.717, 1.165) is 23.9 Å². The number of nitrogens with one attached hydrogen (secondary N) is 2. The van der Waals surface area contributed by atoms with Gasteiger partial charge >= 0.3 is 0 Å². The van der Waals surface area contributed by atoms with Gasteiger partial charge in [-0.1, -0.05) is 47.3 Å². The molecular weight excluding hydrogens is 316 g/mol. The Morgan fingerprint density at radius 1 is 1.30 bits per heavy atom. The second-order valence-electron chi connectivity index (χ2n) is 5.55. The smallest absolute Gasteiger partial charge is 0.221 e. The molecular formula is C16H23BrN2O. The van der Waals surface area contributed by atoms with Crippen LogP contribution in [-0.2, 0) is 10.3 Å². The highest BCUT2D eigenvalue weighted by atomic mass is 79.9. The molecule has 1 saturated carbocycles. The van der Waals surface area contributed by atoms with Gasteiger partial charge in [0.2, 0.25) is 5.91 Å². The van der Waals surface area contributed by atoms with Crippen LogP contribution in [0, 0.1) is 0 Å². The highest BCUT2D eigenvalue weighted by molar-refractivity contribution is 9.10. The van der Waals surface area contributed by atoms with Gasteiger partial charge in [0.1, 0.15) is 0 Å². The molecule has 0 heterocycles. The van der Waals surface area contributed by atoms with Crippen LogP contribution in [0.15, 0.2) is 28.7 Å². The summed E-state index contributed by atoms with van der Waals surface area (Å²) in [5, 5.41) is 6.34. The van der Waals surface area contributed by atoms with Gasteiger partial charge in [0.05, 0.1) is 5.54 Å². The van der Waals surface area contributed by atoms with Gasteiger partial charge in [0.25, 0.3) is 0 Å². The lowest BCUT2D eigenvalue weighted by atomic mass is 9.76. The van der Waals surface area contributed by atoms with Crippen molar-refractivity contribution in [3.8, 4) is 0 Å². The predicted molar refractivity (Wildman–Crippen MR) is 85.6 cm³/mol. The number of amides is 1. The monoisotopic (exact) mass is 338 g/mol. The van der Waals surface area contributed by atoms with E-state index < -0.39 is 0 Å². The third kappa shape index (κ3) is 3.83. The van der Waals surface area contributed by atoms with Gasteiger partial charge in [-0.2, -0.15) is 0 Å². The van der Waals surface area contributed by atoms with Crippen molar-refractivity contribution in [2.24, 2.45) is 0 Å². The summed E-state index contributed by atoms with van der Waals surface area (Å²) >= 11 is 3.54. The number of carbonyl (C=O) groups is 1. The molecule has 4 heteroatoms. The summed E-state index contributed by atoms with van der Waals surface area (Å²) in [5.41, 5.74) is 1.05. The van der Waals surface area contributed by atoms with Crippen LogP contribution in [0.1, 0.15) is 44.1 Å². The lowest BCUT2D eigenvalue weighted by molar-refractivity contribution is -0.123. The Hall–Kier alpha value is -0.870. The zero-order chi connectivity index (χ0) is 14.4. The molecule has 0 radical (unpaired) electrons. The van der Waals surface area contributed by atoms with E-state index >= 15 is 0 Å². The standard InChI is InChI=1S/C16H23BrN2O/c1-18-11-8-15(20)19-16(9-3-2-4-10-16)13-6-5-7-14(17)12-13/h5-7,12,18H,2-4,8-11H2,1H3,(H,19,20). The lowest BCUT2D eigenvalue weighted by Crippen LogP contribution is -2.47. The van der Waals surface area contributed by atoms with Gasteiger partial charge < -0.3 is 10.6 Å². The first-order chi connectivity index (χ1) is 9.66. The molecule has 0 unspecified atom stereocenters. The van der Waals surface area contributed by atoms with E-state index in [1.54, 1.807) is 0 Å². The maximum absolute atomic E-state index is 12.2. The normalized spacial score (nSPS) is 17.7. The molecule has 1 amide bonds. The average molecular weight is 339 g/mol. The third-order valence-electron chi connectivity index (χ3n) is 4.07. The van der Waals surface area contributed by atoms with Crippen LogP contribution in [0.25, 0.3) is 0 Å². The molecule has 0 spiro atoms. The van der Waals surface area contributed by atoms with E-state index in [9.17, 15) is 4.79 Å². The Kier molecular flexibility index (Phi) is 5.61. The highest BCUT2D eigenvalue weighted by Crippen LogP contribution is 2.38. The average Bonchev–Trinajstić information content (AvgIpc) is 2.46. The highest BCUT2D eigenvalue weighted by Gasteiger charge is 2.35. The Morgan fingerprint density at radius 2 is 2.05 bits per heavy atom. The van der Waals surface area contributed by atoms with Crippen LogP contribution < -0.4 is 10.6 Å². The molecule has 110 valence electrons. The molecule has 1 aliphatic carbocycles. The van der Waals surface area contributed by atoms with Gasteiger partial charge in [-0.3, -0.25) is 4.79 Å². The number of halogens is 1. The van der Waals surface area contributed by atoms with Crippen molar-refractivity contribution in [1.29, 1.82) is 0 Å². The first-order valence-corrected chi connectivity index (χ1v) is 8.17. The topological polar surface area (TPSA) is 41.1 Å². The van der Waals surface area contributed by atoms with Crippen LogP contribution in [0.5, 0.6) is 0 Å². The van der Waals surface area contributed by atoms with Crippen molar-refractivity contribution >= 4 is 21.8 Å². The van der Waals surface area contributed by atoms with E-state index in [0.29, 0.717) is 6.42 Å². The van der Waals surface area contributed by atoms with Gasteiger partial charge in [-0.05, 0) is 37.6 Å². The molecule has 0 bridgehead atoms. The summed E-state index contributed by atoms with van der Waals surface area (Å²) in [6.45, 7) is 0.723. The first kappa shape index (κ1) is 15.5. The molecule has 0 atom stereocenters. The Morgan fingerprint density at radius 3 is 2.70 bits per heavy atom. The summed E-state index contributed by atoms with van der Waals surface area (Å²) in [7, 11) is 1.87. The number of benzene rings is 1. The largest absolute Gasteiger partial charge is 0.347 e. The second-order valence-corrected chi connectivity index (χ2v) is 6.47. The fourth-order valence-corrected chi connectivity index (χ4v) is 3.39. The van der Waals surface area contributed by atoms with Crippen molar-refractivity contribution in [2.75, 3.05) is 13.6 Å². The van der Waals surface area contributed by atoms with Crippen LogP contribution >= 0.6 is 15.9 Å². The van der Waals surface area contributed by atoms with Crippen LogP contribution in [0.2, 0.25) is 0 Å². The Labute approximate surface area is 129 Å². The molecule has 0 aliphatic heterocycles. The van der Waals surface area contributed by atoms with E-state index in [2.05, 4.69) is 44.8 Å². The molecule has 2 N–H and O–H groups in total. The Balaban J connectivity index is 2.19. The van der Waals surface area contributed by atoms with E-state index in [1.807, 2.05) is 13.1 Å². The molecule has 1 aromatic rings.